The SMILES string of the molecule is O=C1C(N2CCC(c3cn[nH]n3)C2)CCN1c1cccc(Cl)c1. The van der Waals surface area contributed by atoms with Crippen LogP contribution in [0.1, 0.15) is 24.5 Å². The first-order valence-corrected chi connectivity index (χ1v) is 8.27. The predicted octanol–water partition coefficient (Wildman–Crippen LogP) is 2.05. The van der Waals surface area contributed by atoms with Gasteiger partial charge in [-0.25, -0.2) is 0 Å². The summed E-state index contributed by atoms with van der Waals surface area (Å²) < 4.78 is 0. The van der Waals surface area contributed by atoms with Gasteiger partial charge in [0.15, 0.2) is 0 Å². The van der Waals surface area contributed by atoms with Gasteiger partial charge in [-0.2, -0.15) is 15.4 Å². The Balaban J connectivity index is 1.46. The number of amides is 1. The van der Waals surface area contributed by atoms with Crippen molar-refractivity contribution in [3.63, 3.8) is 0 Å². The number of anilines is 1. The molecule has 1 N–H and O–H groups in total. The zero-order chi connectivity index (χ0) is 15.8. The van der Waals surface area contributed by atoms with Crippen LogP contribution in [0.5, 0.6) is 0 Å². The lowest BCUT2D eigenvalue weighted by atomic mass is 10.1. The van der Waals surface area contributed by atoms with Crippen LogP contribution in [0.2, 0.25) is 5.02 Å². The molecule has 2 fully saturated rings. The molecule has 0 saturated carbocycles. The Kier molecular flexibility index (Phi) is 3.79. The maximum Gasteiger partial charge on any atom is 0.244 e. The van der Waals surface area contributed by atoms with Crippen molar-refractivity contribution in [1.82, 2.24) is 20.3 Å². The topological polar surface area (TPSA) is 65.1 Å². The minimum absolute atomic E-state index is 0.0362. The van der Waals surface area contributed by atoms with E-state index < -0.39 is 0 Å². The zero-order valence-corrected chi connectivity index (χ0v) is 13.4. The highest BCUT2D eigenvalue weighted by atomic mass is 35.5. The van der Waals surface area contributed by atoms with Crippen LogP contribution in [0.25, 0.3) is 0 Å². The average Bonchev–Trinajstić information content (AvgIpc) is 3.27. The number of carbonyl (C=O) groups is 1. The molecule has 6 nitrogen and oxygen atoms in total. The first kappa shape index (κ1) is 14.7. The molecule has 1 aromatic heterocycles. The van der Waals surface area contributed by atoms with Crippen LogP contribution in [0, 0.1) is 0 Å². The number of benzene rings is 1. The van der Waals surface area contributed by atoms with Gasteiger partial charge in [0.25, 0.3) is 0 Å². The van der Waals surface area contributed by atoms with E-state index in [-0.39, 0.29) is 11.9 Å². The van der Waals surface area contributed by atoms with Gasteiger partial charge in [-0.05, 0) is 37.6 Å². The fraction of sp³-hybridized carbons (Fsp3) is 0.438. The number of rotatable bonds is 3. The third-order valence-electron chi connectivity index (χ3n) is 4.81. The molecule has 0 radical (unpaired) electrons. The number of hydrogen-bond acceptors (Lipinski definition) is 4. The second-order valence-corrected chi connectivity index (χ2v) is 6.59. The van der Waals surface area contributed by atoms with Crippen molar-refractivity contribution in [2.75, 3.05) is 24.5 Å². The largest absolute Gasteiger partial charge is 0.311 e. The molecule has 23 heavy (non-hydrogen) atoms. The number of likely N-dealkylation sites (tertiary alicyclic amines) is 1. The number of carbonyl (C=O) groups excluding carboxylic acids is 1. The highest BCUT2D eigenvalue weighted by Gasteiger charge is 2.40. The summed E-state index contributed by atoms with van der Waals surface area (Å²) in [5.74, 6) is 0.537. The van der Waals surface area contributed by atoms with E-state index >= 15 is 0 Å². The number of nitrogens with one attached hydrogen (secondary N) is 1. The summed E-state index contributed by atoms with van der Waals surface area (Å²) in [6.07, 6.45) is 3.66. The van der Waals surface area contributed by atoms with Crippen molar-refractivity contribution in [3.05, 3.63) is 41.2 Å². The summed E-state index contributed by atoms with van der Waals surface area (Å²) in [7, 11) is 0. The van der Waals surface area contributed by atoms with Gasteiger partial charge < -0.3 is 4.90 Å². The van der Waals surface area contributed by atoms with E-state index in [1.807, 2.05) is 29.2 Å². The van der Waals surface area contributed by atoms with E-state index in [4.69, 9.17) is 11.6 Å². The Morgan fingerprint density at radius 2 is 2.17 bits per heavy atom. The predicted molar refractivity (Wildman–Crippen MR) is 87.5 cm³/mol. The van der Waals surface area contributed by atoms with Crippen molar-refractivity contribution in [1.29, 1.82) is 0 Å². The summed E-state index contributed by atoms with van der Waals surface area (Å²) >= 11 is 6.05. The Hall–Kier alpha value is -1.92. The fourth-order valence-corrected chi connectivity index (χ4v) is 3.81. The molecular formula is C16H18ClN5O. The minimum Gasteiger partial charge on any atom is -0.311 e. The molecular weight excluding hydrogens is 314 g/mol. The van der Waals surface area contributed by atoms with Crippen molar-refractivity contribution >= 4 is 23.2 Å². The van der Waals surface area contributed by atoms with Crippen LogP contribution in [-0.2, 0) is 4.79 Å². The Morgan fingerprint density at radius 1 is 1.26 bits per heavy atom. The summed E-state index contributed by atoms with van der Waals surface area (Å²) in [5, 5.41) is 11.4. The quantitative estimate of drug-likeness (QED) is 0.935. The highest BCUT2D eigenvalue weighted by Crippen LogP contribution is 2.32. The van der Waals surface area contributed by atoms with Crippen LogP contribution in [0.4, 0.5) is 5.69 Å². The summed E-state index contributed by atoms with van der Waals surface area (Å²) in [6, 6.07) is 7.46. The molecule has 2 atom stereocenters. The number of hydrogen-bond donors (Lipinski definition) is 1. The van der Waals surface area contributed by atoms with Crippen molar-refractivity contribution < 1.29 is 4.79 Å². The molecule has 2 unspecified atom stereocenters. The lowest BCUT2D eigenvalue weighted by Crippen LogP contribution is -2.40. The summed E-state index contributed by atoms with van der Waals surface area (Å²) in [4.78, 5) is 16.9. The van der Waals surface area contributed by atoms with E-state index in [1.54, 1.807) is 6.20 Å². The van der Waals surface area contributed by atoms with Crippen molar-refractivity contribution in [2.24, 2.45) is 0 Å². The number of aromatic nitrogens is 3. The van der Waals surface area contributed by atoms with E-state index in [0.717, 1.165) is 43.9 Å². The third kappa shape index (κ3) is 2.72. The van der Waals surface area contributed by atoms with Crippen LogP contribution >= 0.6 is 11.6 Å². The molecule has 3 heterocycles. The van der Waals surface area contributed by atoms with Crippen LogP contribution in [-0.4, -0.2) is 51.9 Å². The zero-order valence-electron chi connectivity index (χ0n) is 12.7. The molecule has 1 amide bonds. The smallest absolute Gasteiger partial charge is 0.244 e. The van der Waals surface area contributed by atoms with Gasteiger partial charge in [-0.3, -0.25) is 9.69 Å². The standard InChI is InChI=1S/C16H18ClN5O/c17-12-2-1-3-13(8-12)22-7-5-15(16(22)23)21-6-4-11(10-21)14-9-18-20-19-14/h1-3,8-9,11,15H,4-7,10H2,(H,18,19,20). The molecule has 2 saturated heterocycles. The fourth-order valence-electron chi connectivity index (χ4n) is 3.62. The van der Waals surface area contributed by atoms with Gasteiger partial charge in [0.2, 0.25) is 5.91 Å². The molecule has 4 rings (SSSR count). The molecule has 2 aliphatic heterocycles. The van der Waals surface area contributed by atoms with Crippen molar-refractivity contribution in [2.45, 2.75) is 24.8 Å². The number of nitrogens with zero attached hydrogens (tertiary/aromatic N) is 4. The summed E-state index contributed by atoms with van der Waals surface area (Å²) in [6.45, 7) is 2.54. The molecule has 2 aliphatic rings. The molecule has 7 heteroatoms. The maximum absolute atomic E-state index is 12.8. The van der Waals surface area contributed by atoms with Gasteiger partial charge in [0.05, 0.1) is 17.9 Å². The van der Waals surface area contributed by atoms with Crippen LogP contribution in [0.15, 0.2) is 30.5 Å². The number of H-pyrrole nitrogens is 1. The number of halogens is 1. The van der Waals surface area contributed by atoms with Gasteiger partial charge in [0.1, 0.15) is 0 Å². The van der Waals surface area contributed by atoms with Crippen molar-refractivity contribution in [3.8, 4) is 0 Å². The molecule has 0 aliphatic carbocycles. The Bertz CT molecular complexity index is 704. The monoisotopic (exact) mass is 331 g/mol. The molecule has 2 aromatic rings. The van der Waals surface area contributed by atoms with Gasteiger partial charge in [-0.15, -0.1) is 0 Å². The van der Waals surface area contributed by atoms with E-state index in [9.17, 15) is 4.79 Å². The Labute approximate surface area is 139 Å². The number of aromatic amines is 1. The van der Waals surface area contributed by atoms with Gasteiger partial charge >= 0.3 is 0 Å². The molecule has 0 bridgehead atoms. The first-order chi connectivity index (χ1) is 11.2. The average molecular weight is 332 g/mol. The van der Waals surface area contributed by atoms with Gasteiger partial charge in [0, 0.05) is 29.7 Å². The Morgan fingerprint density at radius 3 is 2.96 bits per heavy atom. The second kappa shape index (κ2) is 5.94. The van der Waals surface area contributed by atoms with Gasteiger partial charge in [-0.1, -0.05) is 17.7 Å². The minimum atomic E-state index is -0.0362. The molecule has 1 aromatic carbocycles. The first-order valence-electron chi connectivity index (χ1n) is 7.89. The van der Waals surface area contributed by atoms with E-state index in [1.165, 1.54) is 0 Å². The van der Waals surface area contributed by atoms with Crippen LogP contribution in [0.3, 0.4) is 0 Å². The lowest BCUT2D eigenvalue weighted by molar-refractivity contribution is -0.121. The summed E-state index contributed by atoms with van der Waals surface area (Å²) in [5.41, 5.74) is 1.88. The van der Waals surface area contributed by atoms with Crippen LogP contribution < -0.4 is 4.90 Å². The molecule has 120 valence electrons. The maximum atomic E-state index is 12.8. The molecule has 0 spiro atoms. The second-order valence-electron chi connectivity index (χ2n) is 6.15. The van der Waals surface area contributed by atoms with E-state index in [2.05, 4.69) is 20.3 Å². The van der Waals surface area contributed by atoms with E-state index in [0.29, 0.717) is 10.9 Å². The normalized spacial score (nSPS) is 25.4. The lowest BCUT2D eigenvalue weighted by Gasteiger charge is -2.23. The third-order valence-corrected chi connectivity index (χ3v) is 5.04. The highest BCUT2D eigenvalue weighted by molar-refractivity contribution is 6.30.